The Balaban J connectivity index is 1.96. The molecule has 32 heavy (non-hydrogen) atoms. The van der Waals surface area contributed by atoms with Crippen LogP contribution in [0.3, 0.4) is 0 Å². The van der Waals surface area contributed by atoms with Crippen LogP contribution in [0.4, 0.5) is 5.69 Å². The average molecular weight is 514 g/mol. The molecule has 0 saturated heterocycles. The van der Waals surface area contributed by atoms with Crippen LogP contribution >= 0.6 is 34.8 Å². The smallest absolute Gasteiger partial charge is 0.245 e. The molecule has 0 aliphatic heterocycles. The second kappa shape index (κ2) is 10.6. The summed E-state index contributed by atoms with van der Waals surface area (Å²) in [7, 11) is -2.85. The van der Waals surface area contributed by atoms with Crippen LogP contribution in [-0.2, 0) is 21.2 Å². The SMILES string of the molecule is COc1ccc(Cl)cc1S(=O)(=O)N[C@@H](Cc1ccccc1)C(=O)Nc1c(Cl)cccc1Cl. The Morgan fingerprint density at radius 2 is 1.62 bits per heavy atom. The zero-order chi connectivity index (χ0) is 23.3. The Morgan fingerprint density at radius 1 is 0.969 bits per heavy atom. The summed E-state index contributed by atoms with van der Waals surface area (Å²) in [5, 5.41) is 3.28. The van der Waals surface area contributed by atoms with E-state index in [2.05, 4.69) is 10.0 Å². The molecule has 0 fully saturated rings. The Morgan fingerprint density at radius 3 is 2.25 bits per heavy atom. The minimum absolute atomic E-state index is 0.0802. The average Bonchev–Trinajstić information content (AvgIpc) is 2.76. The molecule has 0 bridgehead atoms. The fourth-order valence-electron chi connectivity index (χ4n) is 2.98. The number of para-hydroxylation sites is 1. The molecule has 3 rings (SSSR count). The number of methoxy groups -OCH3 is 1. The van der Waals surface area contributed by atoms with Crippen molar-refractivity contribution in [2.75, 3.05) is 12.4 Å². The van der Waals surface area contributed by atoms with Crippen molar-refractivity contribution in [3.05, 3.63) is 87.4 Å². The van der Waals surface area contributed by atoms with E-state index in [1.807, 2.05) is 6.07 Å². The maximum atomic E-state index is 13.2. The molecule has 1 amide bonds. The van der Waals surface area contributed by atoms with E-state index < -0.39 is 22.0 Å². The molecule has 0 aromatic heterocycles. The fourth-order valence-corrected chi connectivity index (χ4v) is 5.10. The summed E-state index contributed by atoms with van der Waals surface area (Å²) >= 11 is 18.3. The van der Waals surface area contributed by atoms with E-state index in [9.17, 15) is 13.2 Å². The van der Waals surface area contributed by atoms with E-state index in [0.717, 1.165) is 5.56 Å². The maximum Gasteiger partial charge on any atom is 0.245 e. The predicted octanol–water partition coefficient (Wildman–Crippen LogP) is 5.18. The van der Waals surface area contributed by atoms with Crippen LogP contribution in [0.5, 0.6) is 5.75 Å². The molecule has 0 radical (unpaired) electrons. The van der Waals surface area contributed by atoms with Gasteiger partial charge in [-0.2, -0.15) is 4.72 Å². The number of rotatable bonds is 8. The molecule has 0 spiro atoms. The van der Waals surface area contributed by atoms with Gasteiger partial charge in [-0.15, -0.1) is 0 Å². The van der Waals surface area contributed by atoms with Crippen molar-refractivity contribution in [2.45, 2.75) is 17.4 Å². The summed E-state index contributed by atoms with van der Waals surface area (Å²) in [4.78, 5) is 13.0. The number of sulfonamides is 1. The standard InChI is InChI=1S/C22H19Cl3N2O4S/c1-31-19-11-10-15(23)13-20(19)32(29,30)27-18(12-14-6-3-2-4-7-14)22(28)26-21-16(24)8-5-9-17(21)25/h2-11,13,18,27H,12H2,1H3,(H,26,28)/t18-/m0/s1. The van der Waals surface area contributed by atoms with E-state index in [1.165, 1.54) is 25.3 Å². The number of anilines is 1. The van der Waals surface area contributed by atoms with Crippen LogP contribution in [0.25, 0.3) is 0 Å². The number of halogens is 3. The van der Waals surface area contributed by atoms with Gasteiger partial charge < -0.3 is 10.1 Å². The number of benzene rings is 3. The van der Waals surface area contributed by atoms with Crippen LogP contribution in [0, 0.1) is 0 Å². The lowest BCUT2D eigenvalue weighted by Crippen LogP contribution is -2.45. The molecule has 6 nitrogen and oxygen atoms in total. The second-order valence-electron chi connectivity index (χ2n) is 6.74. The molecule has 0 saturated carbocycles. The van der Waals surface area contributed by atoms with Crippen molar-refractivity contribution in [3.63, 3.8) is 0 Å². The monoisotopic (exact) mass is 512 g/mol. The van der Waals surface area contributed by atoms with Gasteiger partial charge in [0, 0.05) is 5.02 Å². The molecular formula is C22H19Cl3N2O4S. The number of hydrogen-bond donors (Lipinski definition) is 2. The molecule has 2 N–H and O–H groups in total. The lowest BCUT2D eigenvalue weighted by Gasteiger charge is -2.20. The second-order valence-corrected chi connectivity index (χ2v) is 9.68. The number of nitrogens with one attached hydrogen (secondary N) is 2. The predicted molar refractivity (Wildman–Crippen MR) is 127 cm³/mol. The highest BCUT2D eigenvalue weighted by atomic mass is 35.5. The summed E-state index contributed by atoms with van der Waals surface area (Å²) in [6.07, 6.45) is 0.0802. The van der Waals surface area contributed by atoms with Crippen LogP contribution < -0.4 is 14.8 Å². The van der Waals surface area contributed by atoms with Gasteiger partial charge in [0.15, 0.2) is 0 Å². The number of carbonyl (C=O) groups is 1. The zero-order valence-corrected chi connectivity index (χ0v) is 19.9. The minimum Gasteiger partial charge on any atom is -0.495 e. The number of ether oxygens (including phenoxy) is 1. The Kier molecular flexibility index (Phi) is 8.03. The van der Waals surface area contributed by atoms with Gasteiger partial charge >= 0.3 is 0 Å². The summed E-state index contributed by atoms with van der Waals surface area (Å²) in [6, 6.07) is 16.8. The molecular weight excluding hydrogens is 495 g/mol. The quantitative estimate of drug-likeness (QED) is 0.434. The summed E-state index contributed by atoms with van der Waals surface area (Å²) in [6.45, 7) is 0. The van der Waals surface area contributed by atoms with Crippen molar-refractivity contribution in [1.82, 2.24) is 4.72 Å². The minimum atomic E-state index is -4.19. The highest BCUT2D eigenvalue weighted by molar-refractivity contribution is 7.89. The van der Waals surface area contributed by atoms with Crippen molar-refractivity contribution >= 4 is 56.4 Å². The van der Waals surface area contributed by atoms with Crippen molar-refractivity contribution in [1.29, 1.82) is 0 Å². The van der Waals surface area contributed by atoms with E-state index >= 15 is 0 Å². The molecule has 0 unspecified atom stereocenters. The summed E-state index contributed by atoms with van der Waals surface area (Å²) in [5.74, 6) is -0.539. The molecule has 168 valence electrons. The molecule has 3 aromatic rings. The molecule has 0 heterocycles. The van der Waals surface area contributed by atoms with Crippen molar-refractivity contribution in [2.24, 2.45) is 0 Å². The maximum absolute atomic E-state index is 13.2. The zero-order valence-electron chi connectivity index (χ0n) is 16.8. The van der Waals surface area contributed by atoms with Crippen LogP contribution in [0.1, 0.15) is 5.56 Å². The van der Waals surface area contributed by atoms with Gasteiger partial charge in [0.05, 0.1) is 22.8 Å². The molecule has 1 atom stereocenters. The number of hydrogen-bond acceptors (Lipinski definition) is 4. The lowest BCUT2D eigenvalue weighted by molar-refractivity contribution is -0.117. The number of carbonyl (C=O) groups excluding carboxylic acids is 1. The Bertz CT molecular complexity index is 1200. The molecule has 3 aromatic carbocycles. The topological polar surface area (TPSA) is 84.5 Å². The van der Waals surface area contributed by atoms with Crippen molar-refractivity contribution in [3.8, 4) is 5.75 Å². The highest BCUT2D eigenvalue weighted by Gasteiger charge is 2.29. The van der Waals surface area contributed by atoms with Gasteiger partial charge in [0.2, 0.25) is 15.9 Å². The Hall–Kier alpha value is -2.29. The number of amides is 1. The van der Waals surface area contributed by atoms with E-state index in [-0.39, 0.29) is 37.8 Å². The van der Waals surface area contributed by atoms with Gasteiger partial charge in [-0.3, -0.25) is 4.79 Å². The summed E-state index contributed by atoms with van der Waals surface area (Å²) < 4.78 is 34.0. The third-order valence-corrected chi connectivity index (χ3v) is 6.88. The van der Waals surface area contributed by atoms with Crippen LogP contribution in [-0.4, -0.2) is 27.5 Å². The first-order valence-corrected chi connectivity index (χ1v) is 12.0. The van der Waals surface area contributed by atoms with E-state index in [1.54, 1.807) is 42.5 Å². The van der Waals surface area contributed by atoms with Crippen molar-refractivity contribution < 1.29 is 17.9 Å². The fraction of sp³-hybridized carbons (Fsp3) is 0.136. The highest BCUT2D eigenvalue weighted by Crippen LogP contribution is 2.31. The van der Waals surface area contributed by atoms with Gasteiger partial charge in [-0.1, -0.05) is 71.2 Å². The molecule has 10 heteroatoms. The molecule has 0 aliphatic carbocycles. The summed E-state index contributed by atoms with van der Waals surface area (Å²) in [5.41, 5.74) is 0.942. The van der Waals surface area contributed by atoms with E-state index in [0.29, 0.717) is 0 Å². The van der Waals surface area contributed by atoms with Crippen LogP contribution in [0.2, 0.25) is 15.1 Å². The third-order valence-electron chi connectivity index (χ3n) is 4.52. The first-order valence-electron chi connectivity index (χ1n) is 9.36. The van der Waals surface area contributed by atoms with Gasteiger partial charge in [-0.25, -0.2) is 8.42 Å². The van der Waals surface area contributed by atoms with Gasteiger partial charge in [-0.05, 0) is 42.3 Å². The largest absolute Gasteiger partial charge is 0.495 e. The third kappa shape index (κ3) is 5.94. The first kappa shape index (κ1) is 24.4. The Labute approximate surface area is 201 Å². The normalized spacial score (nSPS) is 12.2. The molecule has 0 aliphatic rings. The van der Waals surface area contributed by atoms with E-state index in [4.69, 9.17) is 39.5 Å². The van der Waals surface area contributed by atoms with Gasteiger partial charge in [0.25, 0.3) is 0 Å². The van der Waals surface area contributed by atoms with Gasteiger partial charge in [0.1, 0.15) is 16.7 Å². The first-order chi connectivity index (χ1) is 15.2. The van der Waals surface area contributed by atoms with Crippen LogP contribution in [0.15, 0.2) is 71.6 Å². The lowest BCUT2D eigenvalue weighted by atomic mass is 10.1.